The van der Waals surface area contributed by atoms with Crippen molar-refractivity contribution < 1.29 is 13.2 Å². The molecule has 0 aliphatic rings. The summed E-state index contributed by atoms with van der Waals surface area (Å²) in [6, 6.07) is 0. The average molecular weight is 183 g/mol. The number of amidine groups is 1. The second-order valence-electron chi connectivity index (χ2n) is 2.26. The summed E-state index contributed by atoms with van der Waals surface area (Å²) in [5, 5.41) is 0. The molecule has 0 saturated heterocycles. The third-order valence-corrected chi connectivity index (χ3v) is 1.06. The number of hydrogen-bond donors (Lipinski definition) is 2. The Kier molecular flexibility index (Phi) is 4.65. The molecule has 0 fully saturated rings. The molecule has 0 rings (SSSR count). The molecule has 72 valence electrons. The molecule has 0 unspecified atom stereocenters. The van der Waals surface area contributed by atoms with Gasteiger partial charge in [0.1, 0.15) is 12.3 Å². The third-order valence-electron chi connectivity index (χ3n) is 1.06. The van der Waals surface area contributed by atoms with Crippen LogP contribution in [0.5, 0.6) is 0 Å². The van der Waals surface area contributed by atoms with Gasteiger partial charge in [0.2, 0.25) is 0 Å². The Hall–Kier alpha value is -0.780. The Bertz CT molecular complexity index is 153. The maximum absolute atomic E-state index is 11.7. The lowest BCUT2D eigenvalue weighted by Crippen LogP contribution is -2.34. The summed E-state index contributed by atoms with van der Waals surface area (Å²) < 4.78 is 35.2. The lowest BCUT2D eigenvalue weighted by atomic mass is 10.4. The SMILES string of the molecule is CCCN=C(CC(F)(F)F)NN. The summed E-state index contributed by atoms with van der Waals surface area (Å²) in [7, 11) is 0. The maximum Gasteiger partial charge on any atom is 0.396 e. The fourth-order valence-corrected chi connectivity index (χ4v) is 0.589. The van der Waals surface area contributed by atoms with Gasteiger partial charge < -0.3 is 5.43 Å². The first-order chi connectivity index (χ1) is 5.49. The molecule has 0 atom stereocenters. The van der Waals surface area contributed by atoms with E-state index >= 15 is 0 Å². The van der Waals surface area contributed by atoms with E-state index in [1.165, 1.54) is 0 Å². The number of halogens is 3. The number of nitrogens with two attached hydrogens (primary N) is 1. The van der Waals surface area contributed by atoms with Gasteiger partial charge in [-0.05, 0) is 6.42 Å². The van der Waals surface area contributed by atoms with Crippen LogP contribution in [0.15, 0.2) is 4.99 Å². The van der Waals surface area contributed by atoms with E-state index < -0.39 is 12.6 Å². The Morgan fingerprint density at radius 2 is 2.08 bits per heavy atom. The van der Waals surface area contributed by atoms with Gasteiger partial charge in [-0.3, -0.25) is 4.99 Å². The summed E-state index contributed by atoms with van der Waals surface area (Å²) in [6.45, 7) is 2.18. The highest BCUT2D eigenvalue weighted by atomic mass is 19.4. The summed E-state index contributed by atoms with van der Waals surface area (Å²) in [6.07, 6.45) is -4.65. The molecule has 3 nitrogen and oxygen atoms in total. The minimum Gasteiger partial charge on any atom is -0.312 e. The number of alkyl halides is 3. The molecule has 6 heteroatoms. The highest BCUT2D eigenvalue weighted by Gasteiger charge is 2.29. The fourth-order valence-electron chi connectivity index (χ4n) is 0.589. The van der Waals surface area contributed by atoms with E-state index in [2.05, 4.69) is 4.99 Å². The molecule has 0 spiro atoms. The first-order valence-corrected chi connectivity index (χ1v) is 3.56. The summed E-state index contributed by atoms with van der Waals surface area (Å²) in [5.41, 5.74) is 1.92. The van der Waals surface area contributed by atoms with Crippen LogP contribution in [0.2, 0.25) is 0 Å². The quantitative estimate of drug-likeness (QED) is 0.299. The molecule has 0 radical (unpaired) electrons. The van der Waals surface area contributed by atoms with Crippen LogP contribution in [0.1, 0.15) is 19.8 Å². The van der Waals surface area contributed by atoms with Crippen molar-refractivity contribution in [3.8, 4) is 0 Å². The van der Waals surface area contributed by atoms with E-state index in [1.54, 1.807) is 0 Å². The van der Waals surface area contributed by atoms with Crippen molar-refractivity contribution in [2.24, 2.45) is 10.8 Å². The predicted molar refractivity (Wildman–Crippen MR) is 40.6 cm³/mol. The number of nitrogens with zero attached hydrogens (tertiary/aromatic N) is 1. The van der Waals surface area contributed by atoms with Gasteiger partial charge in [-0.1, -0.05) is 6.92 Å². The normalized spacial score (nSPS) is 13.2. The third kappa shape index (κ3) is 5.96. The predicted octanol–water partition coefficient (Wildman–Crippen LogP) is 1.21. The largest absolute Gasteiger partial charge is 0.396 e. The van der Waals surface area contributed by atoms with Crippen molar-refractivity contribution in [3.63, 3.8) is 0 Å². The van der Waals surface area contributed by atoms with Crippen molar-refractivity contribution >= 4 is 5.84 Å². The first kappa shape index (κ1) is 11.2. The fraction of sp³-hybridized carbons (Fsp3) is 0.833. The van der Waals surface area contributed by atoms with E-state index in [1.807, 2.05) is 12.3 Å². The van der Waals surface area contributed by atoms with Crippen molar-refractivity contribution in [1.82, 2.24) is 5.43 Å². The highest BCUT2D eigenvalue weighted by molar-refractivity contribution is 5.82. The van der Waals surface area contributed by atoms with Gasteiger partial charge in [0.05, 0.1) is 0 Å². The molecular formula is C6H12F3N3. The van der Waals surface area contributed by atoms with Gasteiger partial charge in [0.15, 0.2) is 0 Å². The lowest BCUT2D eigenvalue weighted by molar-refractivity contribution is -0.121. The lowest BCUT2D eigenvalue weighted by Gasteiger charge is -2.08. The number of nitrogens with one attached hydrogen (secondary N) is 1. The average Bonchev–Trinajstić information content (AvgIpc) is 1.95. The Morgan fingerprint density at radius 1 is 1.50 bits per heavy atom. The molecular weight excluding hydrogens is 171 g/mol. The zero-order valence-electron chi connectivity index (χ0n) is 6.78. The summed E-state index contributed by atoms with van der Waals surface area (Å²) >= 11 is 0. The van der Waals surface area contributed by atoms with Gasteiger partial charge >= 0.3 is 6.18 Å². The van der Waals surface area contributed by atoms with Crippen molar-refractivity contribution in [3.05, 3.63) is 0 Å². The number of hydrogen-bond acceptors (Lipinski definition) is 2. The van der Waals surface area contributed by atoms with Gasteiger partial charge in [0.25, 0.3) is 0 Å². The Labute approximate surface area is 68.8 Å². The molecule has 0 aliphatic heterocycles. The minimum atomic E-state index is -4.25. The molecule has 0 bridgehead atoms. The molecule has 0 aromatic heterocycles. The van der Waals surface area contributed by atoms with Crippen LogP contribution in [0.4, 0.5) is 13.2 Å². The molecule has 3 N–H and O–H groups in total. The number of hydrazine groups is 1. The molecule has 0 aromatic carbocycles. The van der Waals surface area contributed by atoms with E-state index in [0.717, 1.165) is 0 Å². The second-order valence-corrected chi connectivity index (χ2v) is 2.26. The van der Waals surface area contributed by atoms with Crippen LogP contribution in [-0.2, 0) is 0 Å². The van der Waals surface area contributed by atoms with E-state index in [-0.39, 0.29) is 5.84 Å². The smallest absolute Gasteiger partial charge is 0.312 e. The first-order valence-electron chi connectivity index (χ1n) is 3.56. The second kappa shape index (κ2) is 4.97. The van der Waals surface area contributed by atoms with Gasteiger partial charge in [-0.25, -0.2) is 5.84 Å². The summed E-state index contributed by atoms with van der Waals surface area (Å²) in [4.78, 5) is 3.61. The Balaban J connectivity index is 3.99. The maximum atomic E-state index is 11.7. The van der Waals surface area contributed by atoms with E-state index in [9.17, 15) is 13.2 Å². The van der Waals surface area contributed by atoms with Crippen molar-refractivity contribution in [1.29, 1.82) is 0 Å². The van der Waals surface area contributed by atoms with Crippen LogP contribution in [-0.4, -0.2) is 18.6 Å². The number of aliphatic imine (C=N–C) groups is 1. The standard InChI is InChI=1S/C6H12F3N3/c1-2-3-11-5(12-10)4-6(7,8)9/h2-4,10H2,1H3,(H,11,12). The Morgan fingerprint density at radius 3 is 2.42 bits per heavy atom. The monoisotopic (exact) mass is 183 g/mol. The van der Waals surface area contributed by atoms with Gasteiger partial charge in [-0.15, -0.1) is 0 Å². The zero-order valence-corrected chi connectivity index (χ0v) is 6.78. The van der Waals surface area contributed by atoms with Crippen molar-refractivity contribution in [2.75, 3.05) is 6.54 Å². The molecule has 0 aromatic rings. The number of rotatable bonds is 3. The molecule has 0 aliphatic carbocycles. The highest BCUT2D eigenvalue weighted by Crippen LogP contribution is 2.19. The molecule has 0 saturated carbocycles. The van der Waals surface area contributed by atoms with Crippen LogP contribution < -0.4 is 11.3 Å². The van der Waals surface area contributed by atoms with E-state index in [4.69, 9.17) is 5.84 Å². The van der Waals surface area contributed by atoms with Crippen LogP contribution in [0.25, 0.3) is 0 Å². The molecule has 12 heavy (non-hydrogen) atoms. The zero-order chi connectivity index (χ0) is 9.61. The molecule has 0 amide bonds. The van der Waals surface area contributed by atoms with Gasteiger partial charge in [0, 0.05) is 6.54 Å². The van der Waals surface area contributed by atoms with Crippen LogP contribution >= 0.6 is 0 Å². The van der Waals surface area contributed by atoms with Gasteiger partial charge in [-0.2, -0.15) is 13.2 Å². The van der Waals surface area contributed by atoms with Crippen molar-refractivity contribution in [2.45, 2.75) is 25.9 Å². The topological polar surface area (TPSA) is 50.4 Å². The summed E-state index contributed by atoms with van der Waals surface area (Å²) in [5.74, 6) is 4.62. The van der Waals surface area contributed by atoms with E-state index in [0.29, 0.717) is 13.0 Å². The minimum absolute atomic E-state index is 0.218. The van der Waals surface area contributed by atoms with Crippen LogP contribution in [0, 0.1) is 0 Å². The van der Waals surface area contributed by atoms with Crippen LogP contribution in [0.3, 0.4) is 0 Å². The molecule has 0 heterocycles.